The first kappa shape index (κ1) is 13.3. The summed E-state index contributed by atoms with van der Waals surface area (Å²) in [6.45, 7) is 0.629. The molecule has 1 aromatic carbocycles. The number of fused-ring (bicyclic) bond motifs is 1. The third kappa shape index (κ3) is 2.76. The maximum atomic E-state index is 5.37. The molecule has 0 aliphatic heterocycles. The Morgan fingerprint density at radius 3 is 2.81 bits per heavy atom. The van der Waals surface area contributed by atoms with Crippen LogP contribution in [-0.4, -0.2) is 23.6 Å². The van der Waals surface area contributed by atoms with E-state index in [1.165, 1.54) is 0 Å². The number of nitrogens with zero attached hydrogens (tertiary/aromatic N) is 2. The predicted molar refractivity (Wildman–Crippen MR) is 82.1 cm³/mol. The van der Waals surface area contributed by atoms with Crippen LogP contribution in [0.3, 0.4) is 0 Å². The Balaban J connectivity index is 1.77. The first-order valence-electron chi connectivity index (χ1n) is 6.68. The van der Waals surface area contributed by atoms with E-state index < -0.39 is 0 Å². The Kier molecular flexibility index (Phi) is 3.64. The molecule has 0 unspecified atom stereocenters. The number of imidazole rings is 1. The Morgan fingerprint density at radius 1 is 1.14 bits per heavy atom. The van der Waals surface area contributed by atoms with Gasteiger partial charge >= 0.3 is 0 Å². The fourth-order valence-corrected chi connectivity index (χ4v) is 2.20. The van der Waals surface area contributed by atoms with E-state index in [0.717, 1.165) is 28.5 Å². The van der Waals surface area contributed by atoms with Crippen molar-refractivity contribution < 1.29 is 9.47 Å². The first-order chi connectivity index (χ1) is 10.3. The Hall–Kier alpha value is -2.69. The lowest BCUT2D eigenvalue weighted by Crippen LogP contribution is -2.01. The standard InChI is InChI=1S/C16H17N3O2/c1-20-13-6-7-14(15(9-13)21-2)17-10-12-11-19-8-4-3-5-16(19)18-12/h3-9,11,17H,10H2,1-2H3. The number of rotatable bonds is 5. The molecule has 0 fully saturated rings. The van der Waals surface area contributed by atoms with Gasteiger partial charge in [-0.3, -0.25) is 0 Å². The number of methoxy groups -OCH3 is 2. The summed E-state index contributed by atoms with van der Waals surface area (Å²) in [6, 6.07) is 11.6. The van der Waals surface area contributed by atoms with E-state index in [1.54, 1.807) is 14.2 Å². The molecule has 0 amide bonds. The second-order valence-corrected chi connectivity index (χ2v) is 4.62. The van der Waals surface area contributed by atoms with Crippen molar-refractivity contribution in [2.75, 3.05) is 19.5 Å². The van der Waals surface area contributed by atoms with Gasteiger partial charge in [-0.1, -0.05) is 6.07 Å². The molecular formula is C16H17N3O2. The summed E-state index contributed by atoms with van der Waals surface area (Å²) in [5, 5.41) is 3.34. The van der Waals surface area contributed by atoms with Crippen molar-refractivity contribution in [3.05, 3.63) is 54.5 Å². The highest BCUT2D eigenvalue weighted by molar-refractivity contribution is 5.59. The van der Waals surface area contributed by atoms with Crippen molar-refractivity contribution in [2.45, 2.75) is 6.54 Å². The van der Waals surface area contributed by atoms with Crippen LogP contribution >= 0.6 is 0 Å². The zero-order valence-electron chi connectivity index (χ0n) is 12.0. The summed E-state index contributed by atoms with van der Waals surface area (Å²) < 4.78 is 12.6. The van der Waals surface area contributed by atoms with Gasteiger partial charge in [0.2, 0.25) is 0 Å². The SMILES string of the molecule is COc1ccc(NCc2cn3ccccc3n2)c(OC)c1. The van der Waals surface area contributed by atoms with Crippen LogP contribution in [0.2, 0.25) is 0 Å². The van der Waals surface area contributed by atoms with Gasteiger partial charge in [0.1, 0.15) is 17.1 Å². The predicted octanol–water partition coefficient (Wildman–Crippen LogP) is 2.96. The fraction of sp³-hybridized carbons (Fsp3) is 0.188. The zero-order chi connectivity index (χ0) is 14.7. The minimum absolute atomic E-state index is 0.629. The van der Waals surface area contributed by atoms with Crippen molar-refractivity contribution in [1.82, 2.24) is 9.38 Å². The van der Waals surface area contributed by atoms with E-state index in [-0.39, 0.29) is 0 Å². The van der Waals surface area contributed by atoms with Gasteiger partial charge in [-0.2, -0.15) is 0 Å². The highest BCUT2D eigenvalue weighted by Crippen LogP contribution is 2.29. The minimum atomic E-state index is 0.629. The monoisotopic (exact) mass is 283 g/mol. The summed E-state index contributed by atoms with van der Waals surface area (Å²) in [6.07, 6.45) is 4.00. The molecule has 5 heteroatoms. The van der Waals surface area contributed by atoms with Gasteiger partial charge in [0.15, 0.2) is 0 Å². The maximum absolute atomic E-state index is 5.37. The first-order valence-corrected chi connectivity index (χ1v) is 6.68. The van der Waals surface area contributed by atoms with Gasteiger partial charge in [-0.25, -0.2) is 4.98 Å². The molecule has 3 rings (SSSR count). The van der Waals surface area contributed by atoms with E-state index in [4.69, 9.17) is 9.47 Å². The van der Waals surface area contributed by atoms with Crippen LogP contribution in [0.25, 0.3) is 5.65 Å². The smallest absolute Gasteiger partial charge is 0.145 e. The largest absolute Gasteiger partial charge is 0.497 e. The lowest BCUT2D eigenvalue weighted by Gasteiger charge is -2.11. The topological polar surface area (TPSA) is 47.8 Å². The van der Waals surface area contributed by atoms with Gasteiger partial charge in [0.05, 0.1) is 32.1 Å². The van der Waals surface area contributed by atoms with Crippen LogP contribution in [0, 0.1) is 0 Å². The number of nitrogens with one attached hydrogen (secondary N) is 1. The second kappa shape index (κ2) is 5.75. The van der Waals surface area contributed by atoms with E-state index in [1.807, 2.05) is 53.2 Å². The van der Waals surface area contributed by atoms with Crippen molar-refractivity contribution >= 4 is 11.3 Å². The number of anilines is 1. The lowest BCUT2D eigenvalue weighted by molar-refractivity contribution is 0.395. The van der Waals surface area contributed by atoms with Crippen LogP contribution in [0.4, 0.5) is 5.69 Å². The number of pyridine rings is 1. The average Bonchev–Trinajstić information content (AvgIpc) is 2.95. The van der Waals surface area contributed by atoms with Gasteiger partial charge < -0.3 is 19.2 Å². The second-order valence-electron chi connectivity index (χ2n) is 4.62. The molecule has 3 aromatic rings. The lowest BCUT2D eigenvalue weighted by atomic mass is 10.2. The molecule has 5 nitrogen and oxygen atoms in total. The van der Waals surface area contributed by atoms with E-state index >= 15 is 0 Å². The number of hydrogen-bond acceptors (Lipinski definition) is 4. The normalized spacial score (nSPS) is 10.6. The van der Waals surface area contributed by atoms with Crippen molar-refractivity contribution in [1.29, 1.82) is 0 Å². The number of benzene rings is 1. The average molecular weight is 283 g/mol. The van der Waals surface area contributed by atoms with E-state index in [0.29, 0.717) is 6.54 Å². The Labute approximate surface area is 123 Å². The molecule has 1 N–H and O–H groups in total. The zero-order valence-corrected chi connectivity index (χ0v) is 12.0. The molecule has 0 aliphatic rings. The molecule has 0 radical (unpaired) electrons. The molecule has 2 aromatic heterocycles. The molecule has 0 atom stereocenters. The fourth-order valence-electron chi connectivity index (χ4n) is 2.20. The molecule has 108 valence electrons. The molecule has 0 bridgehead atoms. The van der Waals surface area contributed by atoms with Gasteiger partial charge in [0, 0.05) is 18.5 Å². The Bertz CT molecular complexity index is 719. The molecule has 0 spiro atoms. The van der Waals surface area contributed by atoms with Gasteiger partial charge in [0.25, 0.3) is 0 Å². The molecule has 0 saturated carbocycles. The van der Waals surface area contributed by atoms with Crippen LogP contribution in [0.5, 0.6) is 11.5 Å². The van der Waals surface area contributed by atoms with Crippen molar-refractivity contribution in [3.63, 3.8) is 0 Å². The number of ether oxygens (including phenoxy) is 2. The maximum Gasteiger partial charge on any atom is 0.145 e. The molecule has 0 aliphatic carbocycles. The van der Waals surface area contributed by atoms with Crippen LogP contribution in [-0.2, 0) is 6.54 Å². The van der Waals surface area contributed by atoms with E-state index in [9.17, 15) is 0 Å². The molecule has 21 heavy (non-hydrogen) atoms. The van der Waals surface area contributed by atoms with E-state index in [2.05, 4.69) is 10.3 Å². The highest BCUT2D eigenvalue weighted by atomic mass is 16.5. The highest BCUT2D eigenvalue weighted by Gasteiger charge is 2.06. The van der Waals surface area contributed by atoms with Crippen molar-refractivity contribution in [2.24, 2.45) is 0 Å². The minimum Gasteiger partial charge on any atom is -0.497 e. The van der Waals surface area contributed by atoms with Crippen LogP contribution in [0.1, 0.15) is 5.69 Å². The molecule has 0 saturated heterocycles. The quantitative estimate of drug-likeness (QED) is 0.782. The molecule has 2 heterocycles. The van der Waals surface area contributed by atoms with Crippen molar-refractivity contribution in [3.8, 4) is 11.5 Å². The molecular weight excluding hydrogens is 266 g/mol. The summed E-state index contributed by atoms with van der Waals surface area (Å²) in [5.41, 5.74) is 2.82. The number of aromatic nitrogens is 2. The van der Waals surface area contributed by atoms with Gasteiger partial charge in [-0.15, -0.1) is 0 Å². The van der Waals surface area contributed by atoms with Gasteiger partial charge in [-0.05, 0) is 24.3 Å². The Morgan fingerprint density at radius 2 is 2.05 bits per heavy atom. The number of hydrogen-bond donors (Lipinski definition) is 1. The third-order valence-electron chi connectivity index (χ3n) is 3.28. The summed E-state index contributed by atoms with van der Waals surface area (Å²) in [4.78, 5) is 4.55. The third-order valence-corrected chi connectivity index (χ3v) is 3.28. The van der Waals surface area contributed by atoms with Crippen LogP contribution < -0.4 is 14.8 Å². The summed E-state index contributed by atoms with van der Waals surface area (Å²) >= 11 is 0. The summed E-state index contributed by atoms with van der Waals surface area (Å²) in [5.74, 6) is 1.52. The van der Waals surface area contributed by atoms with Crippen LogP contribution in [0.15, 0.2) is 48.8 Å². The summed E-state index contributed by atoms with van der Waals surface area (Å²) in [7, 11) is 3.28.